The summed E-state index contributed by atoms with van der Waals surface area (Å²) in [5.41, 5.74) is 2.10. The van der Waals surface area contributed by atoms with Gasteiger partial charge < -0.3 is 5.32 Å². The first kappa shape index (κ1) is 8.26. The fourth-order valence-electron chi connectivity index (χ4n) is 1.59. The van der Waals surface area contributed by atoms with Crippen LogP contribution in [0.3, 0.4) is 0 Å². The highest BCUT2D eigenvalue weighted by atomic mass is 16.3. The second-order valence-corrected chi connectivity index (χ2v) is 3.17. The van der Waals surface area contributed by atoms with E-state index in [9.17, 15) is 9.90 Å². The molecule has 1 atom stereocenters. The van der Waals surface area contributed by atoms with Crippen molar-refractivity contribution in [3.05, 3.63) is 29.8 Å². The zero-order valence-corrected chi connectivity index (χ0v) is 7.12. The van der Waals surface area contributed by atoms with Crippen LogP contribution in [0.4, 0.5) is 5.69 Å². The summed E-state index contributed by atoms with van der Waals surface area (Å²) < 4.78 is 0. The molecule has 0 aromatic heterocycles. The maximum absolute atomic E-state index is 11.1. The first-order valence-electron chi connectivity index (χ1n) is 4.26. The molecule has 1 radical (unpaired) electrons. The SMILES string of the molecule is [O]CC(=O)C1Cc2ccccc2N1. The number of rotatable bonds is 2. The highest BCUT2D eigenvalue weighted by molar-refractivity contribution is 5.89. The molecule has 0 spiro atoms. The predicted octanol–water partition coefficient (Wildman–Crippen LogP) is 1.02. The van der Waals surface area contributed by atoms with E-state index in [-0.39, 0.29) is 11.8 Å². The molecule has 0 saturated heterocycles. The summed E-state index contributed by atoms with van der Waals surface area (Å²) in [6.45, 7) is -0.633. The van der Waals surface area contributed by atoms with Gasteiger partial charge in [-0.3, -0.25) is 4.79 Å². The van der Waals surface area contributed by atoms with Crippen LogP contribution in [0.25, 0.3) is 0 Å². The van der Waals surface area contributed by atoms with Gasteiger partial charge in [-0.2, -0.15) is 0 Å². The van der Waals surface area contributed by atoms with Crippen molar-refractivity contribution < 1.29 is 9.90 Å². The van der Waals surface area contributed by atoms with E-state index >= 15 is 0 Å². The van der Waals surface area contributed by atoms with E-state index in [0.717, 1.165) is 11.3 Å². The zero-order valence-electron chi connectivity index (χ0n) is 7.12. The van der Waals surface area contributed by atoms with Crippen molar-refractivity contribution in [2.24, 2.45) is 0 Å². The van der Waals surface area contributed by atoms with Gasteiger partial charge in [0.2, 0.25) is 0 Å². The van der Waals surface area contributed by atoms with Gasteiger partial charge in [0.15, 0.2) is 5.78 Å². The van der Waals surface area contributed by atoms with Gasteiger partial charge in [0, 0.05) is 12.1 Å². The third-order valence-electron chi connectivity index (χ3n) is 2.30. The molecule has 13 heavy (non-hydrogen) atoms. The van der Waals surface area contributed by atoms with Crippen molar-refractivity contribution in [1.29, 1.82) is 0 Å². The number of anilines is 1. The topological polar surface area (TPSA) is 49.0 Å². The van der Waals surface area contributed by atoms with Crippen LogP contribution in [0.15, 0.2) is 24.3 Å². The normalized spacial score (nSPS) is 19.3. The monoisotopic (exact) mass is 176 g/mol. The van der Waals surface area contributed by atoms with Crippen molar-refractivity contribution in [1.82, 2.24) is 0 Å². The van der Waals surface area contributed by atoms with E-state index in [4.69, 9.17) is 0 Å². The lowest BCUT2D eigenvalue weighted by Gasteiger charge is -2.06. The number of ketones is 1. The van der Waals surface area contributed by atoms with Crippen molar-refractivity contribution in [2.75, 3.05) is 11.9 Å². The molecular formula is C10H10NO2. The number of para-hydroxylation sites is 1. The third-order valence-corrected chi connectivity index (χ3v) is 2.30. The average molecular weight is 176 g/mol. The summed E-state index contributed by atoms with van der Waals surface area (Å²) in [4.78, 5) is 11.1. The lowest BCUT2D eigenvalue weighted by atomic mass is 10.1. The van der Waals surface area contributed by atoms with Gasteiger partial charge in [-0.1, -0.05) is 18.2 Å². The molecular weight excluding hydrogens is 166 g/mol. The molecule has 1 aliphatic heterocycles. The molecule has 2 rings (SSSR count). The number of carbonyl (C=O) groups is 1. The third kappa shape index (κ3) is 1.42. The van der Waals surface area contributed by atoms with Gasteiger partial charge in [-0.15, -0.1) is 0 Å². The zero-order chi connectivity index (χ0) is 9.26. The molecule has 1 N–H and O–H groups in total. The van der Waals surface area contributed by atoms with Crippen molar-refractivity contribution in [3.8, 4) is 0 Å². The fourth-order valence-corrected chi connectivity index (χ4v) is 1.59. The number of Topliss-reactive ketones (excluding diaryl/α,β-unsaturated/α-hetero) is 1. The first-order valence-corrected chi connectivity index (χ1v) is 4.26. The average Bonchev–Trinajstić information content (AvgIpc) is 2.59. The molecule has 1 aromatic carbocycles. The molecule has 0 fully saturated rings. The molecule has 0 aliphatic carbocycles. The highest BCUT2D eigenvalue weighted by Crippen LogP contribution is 2.25. The maximum atomic E-state index is 11.1. The number of hydrogen-bond acceptors (Lipinski definition) is 2. The van der Waals surface area contributed by atoms with Crippen molar-refractivity contribution in [2.45, 2.75) is 12.5 Å². The van der Waals surface area contributed by atoms with Crippen LogP contribution < -0.4 is 5.32 Å². The first-order chi connectivity index (χ1) is 6.31. The predicted molar refractivity (Wildman–Crippen MR) is 48.1 cm³/mol. The Hall–Kier alpha value is -1.35. The number of hydrogen-bond donors (Lipinski definition) is 1. The Morgan fingerprint density at radius 3 is 2.92 bits per heavy atom. The van der Waals surface area contributed by atoms with Gasteiger partial charge in [0.05, 0.1) is 6.04 Å². The minimum Gasteiger partial charge on any atom is -0.375 e. The maximum Gasteiger partial charge on any atom is 0.184 e. The number of nitrogens with one attached hydrogen (secondary N) is 1. The van der Waals surface area contributed by atoms with Crippen LogP contribution in [-0.2, 0) is 16.3 Å². The minimum absolute atomic E-state index is 0.254. The Bertz CT molecular complexity index is 310. The summed E-state index contributed by atoms with van der Waals surface area (Å²) in [7, 11) is 0. The Balaban J connectivity index is 2.18. The van der Waals surface area contributed by atoms with Crippen LogP contribution in [0, 0.1) is 0 Å². The molecule has 3 nitrogen and oxygen atoms in total. The van der Waals surface area contributed by atoms with E-state index in [1.165, 1.54) is 0 Å². The Morgan fingerprint density at radius 1 is 1.46 bits per heavy atom. The summed E-state index contributed by atoms with van der Waals surface area (Å²) in [5.74, 6) is -0.254. The molecule has 1 heterocycles. The van der Waals surface area contributed by atoms with Crippen LogP contribution >= 0.6 is 0 Å². The highest BCUT2D eigenvalue weighted by Gasteiger charge is 2.25. The van der Waals surface area contributed by atoms with E-state index in [0.29, 0.717) is 6.42 Å². The van der Waals surface area contributed by atoms with Gasteiger partial charge >= 0.3 is 0 Å². The second-order valence-electron chi connectivity index (χ2n) is 3.17. The van der Waals surface area contributed by atoms with Gasteiger partial charge in [-0.05, 0) is 11.6 Å². The number of benzene rings is 1. The Labute approximate surface area is 76.4 Å². The molecule has 0 amide bonds. The van der Waals surface area contributed by atoms with Gasteiger partial charge in [0.25, 0.3) is 0 Å². The van der Waals surface area contributed by atoms with Gasteiger partial charge in [-0.25, -0.2) is 5.11 Å². The van der Waals surface area contributed by atoms with E-state index in [1.54, 1.807) is 0 Å². The van der Waals surface area contributed by atoms with E-state index < -0.39 is 6.61 Å². The molecule has 0 bridgehead atoms. The lowest BCUT2D eigenvalue weighted by molar-refractivity contribution is -0.124. The summed E-state index contributed by atoms with van der Waals surface area (Å²) >= 11 is 0. The molecule has 3 heteroatoms. The molecule has 1 aromatic rings. The smallest absolute Gasteiger partial charge is 0.184 e. The standard InChI is InChI=1S/C10H10NO2/c12-6-10(13)9-5-7-3-1-2-4-8(7)11-9/h1-4,9,11H,5-6H2. The molecule has 0 saturated carbocycles. The lowest BCUT2D eigenvalue weighted by Crippen LogP contribution is -2.28. The van der Waals surface area contributed by atoms with Crippen molar-refractivity contribution in [3.63, 3.8) is 0 Å². The van der Waals surface area contributed by atoms with E-state index in [1.807, 2.05) is 24.3 Å². The fraction of sp³-hybridized carbons (Fsp3) is 0.300. The second kappa shape index (κ2) is 3.18. The summed E-state index contributed by atoms with van der Waals surface area (Å²) in [6, 6.07) is 7.45. The van der Waals surface area contributed by atoms with Crippen LogP contribution in [0.1, 0.15) is 5.56 Å². The number of fused-ring (bicyclic) bond motifs is 1. The molecule has 1 aliphatic rings. The summed E-state index contributed by atoms with van der Waals surface area (Å²) in [6.07, 6.45) is 0.650. The minimum atomic E-state index is -0.633. The van der Waals surface area contributed by atoms with Crippen LogP contribution in [-0.4, -0.2) is 18.4 Å². The largest absolute Gasteiger partial charge is 0.375 e. The molecule has 67 valence electrons. The van der Waals surface area contributed by atoms with E-state index in [2.05, 4.69) is 5.32 Å². The quantitative estimate of drug-likeness (QED) is 0.731. The van der Waals surface area contributed by atoms with Gasteiger partial charge in [0.1, 0.15) is 6.61 Å². The summed E-state index contributed by atoms with van der Waals surface area (Å²) in [5, 5.41) is 13.4. The van der Waals surface area contributed by atoms with Crippen LogP contribution in [0.2, 0.25) is 0 Å². The van der Waals surface area contributed by atoms with Crippen molar-refractivity contribution >= 4 is 11.5 Å². The number of carbonyl (C=O) groups excluding carboxylic acids is 1. The molecule has 1 unspecified atom stereocenters. The van der Waals surface area contributed by atoms with Crippen LogP contribution in [0.5, 0.6) is 0 Å². The Morgan fingerprint density at radius 2 is 2.23 bits per heavy atom. The Kier molecular flexibility index (Phi) is 2.02.